The van der Waals surface area contributed by atoms with Gasteiger partial charge in [0.15, 0.2) is 9.84 Å². The maximum atomic E-state index is 14.5. The zero-order chi connectivity index (χ0) is 35.1. The van der Waals surface area contributed by atoms with E-state index in [1.165, 1.54) is 16.7 Å². The summed E-state index contributed by atoms with van der Waals surface area (Å²) < 4.78 is 138. The lowest BCUT2D eigenvalue weighted by Gasteiger charge is -2.41. The minimum atomic E-state index is -5.95. The first-order valence-electron chi connectivity index (χ1n) is 15.2. The molecular weight excluding hydrogens is 675 g/mol. The average Bonchev–Trinajstić information content (AvgIpc) is 3.50. The molecule has 264 valence electrons. The Bertz CT molecular complexity index is 1570. The molecule has 3 amide bonds. The van der Waals surface area contributed by atoms with Gasteiger partial charge in [-0.05, 0) is 49.1 Å². The average molecular weight is 710 g/mol. The van der Waals surface area contributed by atoms with E-state index >= 15 is 0 Å². The zero-order valence-corrected chi connectivity index (χ0v) is 26.6. The summed E-state index contributed by atoms with van der Waals surface area (Å²) in [4.78, 5) is 29.1. The Hall–Kier alpha value is -3.44. The third-order valence-electron chi connectivity index (χ3n) is 9.26. The summed E-state index contributed by atoms with van der Waals surface area (Å²) in [7, 11) is -4.54. The molecule has 48 heavy (non-hydrogen) atoms. The van der Waals surface area contributed by atoms with E-state index in [9.17, 15) is 48.7 Å². The lowest BCUT2D eigenvalue weighted by Crippen LogP contribution is -2.57. The molecule has 0 unspecified atom stereocenters. The highest BCUT2D eigenvalue weighted by Gasteiger charge is 2.74. The van der Waals surface area contributed by atoms with E-state index in [2.05, 4.69) is 0 Å². The highest BCUT2D eigenvalue weighted by molar-refractivity contribution is 7.92. The highest BCUT2D eigenvalue weighted by atomic mass is 32.2. The lowest BCUT2D eigenvalue weighted by molar-refractivity contribution is -0.401. The van der Waals surface area contributed by atoms with Crippen LogP contribution >= 0.6 is 0 Å². The molecule has 0 aliphatic carbocycles. The quantitative estimate of drug-likeness (QED) is 0.310. The minimum Gasteiger partial charge on any atom is -0.381 e. The van der Waals surface area contributed by atoms with Crippen molar-refractivity contribution < 1.29 is 58.2 Å². The van der Waals surface area contributed by atoms with Crippen molar-refractivity contribution in [2.75, 3.05) is 52.5 Å². The molecule has 0 bridgehead atoms. The predicted molar refractivity (Wildman–Crippen MR) is 156 cm³/mol. The molecule has 5 rings (SSSR count). The molecule has 0 radical (unpaired) electrons. The van der Waals surface area contributed by atoms with Crippen LogP contribution in [0.15, 0.2) is 53.4 Å². The first-order valence-corrected chi connectivity index (χ1v) is 16.7. The molecule has 3 aliphatic heterocycles. The number of amides is 3. The van der Waals surface area contributed by atoms with Crippen molar-refractivity contribution in [3.05, 3.63) is 65.5 Å². The Kier molecular flexibility index (Phi) is 9.80. The number of urea groups is 1. The zero-order valence-electron chi connectivity index (χ0n) is 25.8. The van der Waals surface area contributed by atoms with Crippen LogP contribution in [0.1, 0.15) is 37.3 Å². The molecule has 9 nitrogen and oxygen atoms in total. The summed E-state index contributed by atoms with van der Waals surface area (Å²) in [6, 6.07) is 6.18. The van der Waals surface area contributed by atoms with Crippen LogP contribution in [0, 0.1) is 5.82 Å². The highest BCUT2D eigenvalue weighted by Crippen LogP contribution is 2.54. The summed E-state index contributed by atoms with van der Waals surface area (Å²) in [5.74, 6) is -0.908. The molecule has 3 heterocycles. The SMILES string of the molecule is CC(=O)N1CCN(C(=O)N2CC[C@](c3ccc(C(OC4CCOCC4)(C(F)(F)F)C(F)(F)F)cc3)(S(=O)(=O)c3ccc(F)cc3)C2)CC1. The smallest absolute Gasteiger partial charge is 0.381 e. The molecule has 3 saturated heterocycles. The molecule has 17 heteroatoms. The van der Waals surface area contributed by atoms with E-state index in [0.29, 0.717) is 12.1 Å². The predicted octanol–water partition coefficient (Wildman–Crippen LogP) is 5.00. The van der Waals surface area contributed by atoms with Gasteiger partial charge >= 0.3 is 18.4 Å². The van der Waals surface area contributed by atoms with Crippen molar-refractivity contribution in [2.45, 2.75) is 59.9 Å². The number of benzene rings is 2. The Morgan fingerprint density at radius 3 is 1.88 bits per heavy atom. The third kappa shape index (κ3) is 6.35. The Labute approximate surface area is 272 Å². The van der Waals surface area contributed by atoms with Crippen molar-refractivity contribution in [3.8, 4) is 0 Å². The van der Waals surface area contributed by atoms with Gasteiger partial charge in [0.25, 0.3) is 5.60 Å². The molecule has 0 N–H and O–H groups in total. The van der Waals surface area contributed by atoms with E-state index in [1.807, 2.05) is 0 Å². The minimum absolute atomic E-state index is 0.0825. The van der Waals surface area contributed by atoms with E-state index < -0.39 is 62.6 Å². The van der Waals surface area contributed by atoms with Crippen molar-refractivity contribution in [1.82, 2.24) is 14.7 Å². The fourth-order valence-corrected chi connectivity index (χ4v) is 8.63. The Morgan fingerprint density at radius 1 is 0.812 bits per heavy atom. The summed E-state index contributed by atoms with van der Waals surface area (Å²) in [6.45, 7) is 1.48. The van der Waals surface area contributed by atoms with E-state index in [-0.39, 0.29) is 81.6 Å². The second-order valence-electron chi connectivity index (χ2n) is 12.1. The number of hydrogen-bond donors (Lipinski definition) is 0. The molecular formula is C31H34F7N3O6S. The number of likely N-dealkylation sites (tertiary alicyclic amines) is 1. The van der Waals surface area contributed by atoms with Crippen LogP contribution in [0.4, 0.5) is 35.5 Å². The normalized spacial score (nSPS) is 21.9. The van der Waals surface area contributed by atoms with Gasteiger partial charge in [-0.2, -0.15) is 26.3 Å². The van der Waals surface area contributed by atoms with Gasteiger partial charge in [-0.1, -0.05) is 24.3 Å². The number of carbonyl (C=O) groups is 2. The number of halogens is 7. The molecule has 0 aromatic heterocycles. The van der Waals surface area contributed by atoms with Crippen molar-refractivity contribution in [3.63, 3.8) is 0 Å². The molecule has 0 spiro atoms. The fourth-order valence-electron chi connectivity index (χ4n) is 6.55. The van der Waals surface area contributed by atoms with Gasteiger partial charge in [-0.15, -0.1) is 0 Å². The molecule has 3 aliphatic rings. The second kappa shape index (κ2) is 13.1. The summed E-state index contributed by atoms with van der Waals surface area (Å²) in [6.07, 6.45) is -14.0. The summed E-state index contributed by atoms with van der Waals surface area (Å²) in [5.41, 5.74) is -6.17. The number of carbonyl (C=O) groups excluding carboxylic acids is 2. The summed E-state index contributed by atoms with van der Waals surface area (Å²) >= 11 is 0. The van der Waals surface area contributed by atoms with Gasteiger partial charge in [0.05, 0.1) is 11.0 Å². The van der Waals surface area contributed by atoms with Crippen molar-refractivity contribution in [1.29, 1.82) is 0 Å². The largest absolute Gasteiger partial charge is 0.430 e. The number of hydrogen-bond acceptors (Lipinski definition) is 6. The molecule has 0 saturated carbocycles. The van der Waals surface area contributed by atoms with Gasteiger partial charge in [-0.25, -0.2) is 17.6 Å². The van der Waals surface area contributed by atoms with Gasteiger partial charge in [-0.3, -0.25) is 4.79 Å². The van der Waals surface area contributed by atoms with Crippen LogP contribution in [-0.4, -0.2) is 106 Å². The van der Waals surface area contributed by atoms with E-state index in [4.69, 9.17) is 9.47 Å². The van der Waals surface area contributed by atoms with Crippen LogP contribution < -0.4 is 0 Å². The second-order valence-corrected chi connectivity index (χ2v) is 14.3. The van der Waals surface area contributed by atoms with Crippen molar-refractivity contribution in [2.24, 2.45) is 0 Å². The van der Waals surface area contributed by atoms with Crippen LogP contribution in [0.25, 0.3) is 0 Å². The number of piperazine rings is 1. The number of ether oxygens (including phenoxy) is 2. The standard InChI is InChI=1S/C31H34F7N3O6S/c1-21(42)39-14-16-40(17-15-39)27(43)41-13-12-28(20-41,48(44,45)26-8-6-24(32)7-9-26)22-2-4-23(5-3-22)29(30(33,34)35,31(36,37)38)47-25-10-18-46-19-11-25/h2-9,25H,10-20H2,1H3/t28-/m0/s1. The summed E-state index contributed by atoms with van der Waals surface area (Å²) in [5, 5.41) is 0. The fraction of sp³-hybridized carbons (Fsp3) is 0.548. The maximum absolute atomic E-state index is 14.5. The van der Waals surface area contributed by atoms with E-state index in [0.717, 1.165) is 36.4 Å². The van der Waals surface area contributed by atoms with Gasteiger partial charge in [0.2, 0.25) is 5.91 Å². The van der Waals surface area contributed by atoms with Crippen LogP contribution in [0.2, 0.25) is 0 Å². The van der Waals surface area contributed by atoms with Crippen molar-refractivity contribution >= 4 is 21.8 Å². The van der Waals surface area contributed by atoms with Gasteiger partial charge in [0.1, 0.15) is 10.6 Å². The number of nitrogens with zero attached hydrogens (tertiary/aromatic N) is 3. The molecule has 3 fully saturated rings. The number of alkyl halides is 6. The Morgan fingerprint density at radius 2 is 1.35 bits per heavy atom. The topological polar surface area (TPSA) is 96.5 Å². The van der Waals surface area contributed by atoms with Crippen LogP contribution in [0.3, 0.4) is 0 Å². The Balaban J connectivity index is 1.55. The molecule has 2 aromatic carbocycles. The van der Waals surface area contributed by atoms with Gasteiger partial charge < -0.3 is 24.2 Å². The third-order valence-corrected chi connectivity index (χ3v) is 11.8. The maximum Gasteiger partial charge on any atom is 0.430 e. The van der Waals surface area contributed by atoms with Crippen LogP contribution in [-0.2, 0) is 34.5 Å². The monoisotopic (exact) mass is 709 g/mol. The number of rotatable bonds is 6. The number of sulfone groups is 1. The molecule has 2 aromatic rings. The van der Waals surface area contributed by atoms with Crippen LogP contribution in [0.5, 0.6) is 0 Å². The lowest BCUT2D eigenvalue weighted by atomic mass is 9.88. The van der Waals surface area contributed by atoms with E-state index in [1.54, 1.807) is 4.90 Å². The van der Waals surface area contributed by atoms with Gasteiger partial charge in [0, 0.05) is 65.0 Å². The molecule has 1 atom stereocenters. The first kappa shape index (κ1) is 35.9. The first-order chi connectivity index (χ1) is 22.4.